The van der Waals surface area contributed by atoms with Crippen LogP contribution in [0.3, 0.4) is 0 Å². The summed E-state index contributed by atoms with van der Waals surface area (Å²) in [5, 5.41) is 4.20. The summed E-state index contributed by atoms with van der Waals surface area (Å²) in [6, 6.07) is 8.40. The molecule has 1 aromatic carbocycles. The molecule has 0 amide bonds. The molecule has 2 rings (SSSR count). The van der Waals surface area contributed by atoms with Gasteiger partial charge in [-0.15, -0.1) is 0 Å². The molecule has 4 heteroatoms. The average molecular weight is 245 g/mol. The Morgan fingerprint density at radius 2 is 2.06 bits per heavy atom. The van der Waals surface area contributed by atoms with Gasteiger partial charge in [0, 0.05) is 6.04 Å². The van der Waals surface area contributed by atoms with Crippen molar-refractivity contribution in [2.75, 3.05) is 0 Å². The number of ether oxygens (including phenoxy) is 1. The van der Waals surface area contributed by atoms with Crippen molar-refractivity contribution in [1.82, 2.24) is 14.8 Å². The molecule has 4 nitrogen and oxygen atoms in total. The number of para-hydroxylation sites is 1. The smallest absolute Gasteiger partial charge is 0.165 e. The molecule has 0 N–H and O–H groups in total. The Hall–Kier alpha value is -1.84. The molecule has 0 fully saturated rings. The lowest BCUT2D eigenvalue weighted by Gasteiger charge is -2.12. The van der Waals surface area contributed by atoms with Gasteiger partial charge in [0.2, 0.25) is 0 Å². The monoisotopic (exact) mass is 245 g/mol. The van der Waals surface area contributed by atoms with E-state index in [1.807, 2.05) is 22.9 Å². The fourth-order valence-electron chi connectivity index (χ4n) is 1.89. The molecule has 0 saturated heterocycles. The molecule has 2 aromatic rings. The van der Waals surface area contributed by atoms with Crippen molar-refractivity contribution in [3.8, 4) is 5.75 Å². The van der Waals surface area contributed by atoms with Crippen LogP contribution in [-0.4, -0.2) is 14.8 Å². The maximum atomic E-state index is 5.84. The lowest BCUT2D eigenvalue weighted by Crippen LogP contribution is -2.11. The number of hydrogen-bond acceptors (Lipinski definition) is 3. The summed E-state index contributed by atoms with van der Waals surface area (Å²) in [4.78, 5) is 4.23. The van der Waals surface area contributed by atoms with Crippen LogP contribution in [0.1, 0.15) is 38.2 Å². The molecule has 1 heterocycles. The molecule has 0 spiro atoms. The van der Waals surface area contributed by atoms with E-state index in [4.69, 9.17) is 4.74 Å². The molecule has 0 atom stereocenters. The van der Waals surface area contributed by atoms with Crippen molar-refractivity contribution in [2.45, 2.75) is 39.8 Å². The van der Waals surface area contributed by atoms with Crippen LogP contribution in [0.15, 0.2) is 30.6 Å². The zero-order valence-corrected chi connectivity index (χ0v) is 11.1. The van der Waals surface area contributed by atoms with Crippen LogP contribution < -0.4 is 4.74 Å². The Labute approximate surface area is 108 Å². The maximum absolute atomic E-state index is 5.84. The maximum Gasteiger partial charge on any atom is 0.165 e. The van der Waals surface area contributed by atoms with Gasteiger partial charge in [0.15, 0.2) is 5.82 Å². The molecule has 0 unspecified atom stereocenters. The highest BCUT2D eigenvalue weighted by Crippen LogP contribution is 2.19. The van der Waals surface area contributed by atoms with Gasteiger partial charge in [0.1, 0.15) is 18.7 Å². The van der Waals surface area contributed by atoms with Crippen molar-refractivity contribution >= 4 is 0 Å². The molecule has 1 aromatic heterocycles. The molecular weight excluding hydrogens is 226 g/mol. The van der Waals surface area contributed by atoms with Crippen molar-refractivity contribution in [2.24, 2.45) is 0 Å². The molecular formula is C14H19N3O. The Morgan fingerprint density at radius 1 is 1.28 bits per heavy atom. The van der Waals surface area contributed by atoms with E-state index in [-0.39, 0.29) is 0 Å². The van der Waals surface area contributed by atoms with Crippen LogP contribution in [0.2, 0.25) is 0 Å². The van der Waals surface area contributed by atoms with Gasteiger partial charge in [-0.1, -0.05) is 25.1 Å². The minimum absolute atomic E-state index is 0.299. The second-order valence-electron chi connectivity index (χ2n) is 4.46. The number of aryl methyl sites for hydroxylation is 1. The van der Waals surface area contributed by atoms with Gasteiger partial charge < -0.3 is 4.74 Å². The van der Waals surface area contributed by atoms with Gasteiger partial charge in [-0.2, -0.15) is 5.10 Å². The molecule has 96 valence electrons. The van der Waals surface area contributed by atoms with Crippen molar-refractivity contribution < 1.29 is 4.74 Å². The first-order valence-corrected chi connectivity index (χ1v) is 6.31. The van der Waals surface area contributed by atoms with Gasteiger partial charge in [-0.05, 0) is 31.9 Å². The lowest BCUT2D eigenvalue weighted by molar-refractivity contribution is 0.280. The normalized spacial score (nSPS) is 10.9. The summed E-state index contributed by atoms with van der Waals surface area (Å²) < 4.78 is 7.72. The topological polar surface area (TPSA) is 39.9 Å². The third-order valence-corrected chi connectivity index (χ3v) is 2.85. The first-order valence-electron chi connectivity index (χ1n) is 6.31. The Bertz CT molecular complexity index is 505. The lowest BCUT2D eigenvalue weighted by atomic mass is 10.1. The first-order chi connectivity index (χ1) is 8.72. The molecule has 0 aliphatic carbocycles. The number of aromatic nitrogens is 3. The number of hydrogen-bond donors (Lipinski definition) is 0. The highest BCUT2D eigenvalue weighted by Gasteiger charge is 2.09. The quantitative estimate of drug-likeness (QED) is 0.813. The zero-order chi connectivity index (χ0) is 13.0. The number of benzene rings is 1. The van der Waals surface area contributed by atoms with Gasteiger partial charge in [0.25, 0.3) is 0 Å². The average Bonchev–Trinajstić information content (AvgIpc) is 2.85. The second kappa shape index (κ2) is 5.67. The van der Waals surface area contributed by atoms with E-state index in [0.29, 0.717) is 12.6 Å². The van der Waals surface area contributed by atoms with E-state index in [0.717, 1.165) is 18.0 Å². The van der Waals surface area contributed by atoms with Crippen LogP contribution in [0.25, 0.3) is 0 Å². The summed E-state index contributed by atoms with van der Waals surface area (Å²) in [6.45, 7) is 6.74. The van der Waals surface area contributed by atoms with Crippen molar-refractivity contribution in [3.63, 3.8) is 0 Å². The van der Waals surface area contributed by atoms with Crippen molar-refractivity contribution in [3.05, 3.63) is 42.0 Å². The second-order valence-corrected chi connectivity index (χ2v) is 4.46. The highest BCUT2D eigenvalue weighted by atomic mass is 16.5. The van der Waals surface area contributed by atoms with Crippen molar-refractivity contribution in [1.29, 1.82) is 0 Å². The largest absolute Gasteiger partial charge is 0.485 e. The van der Waals surface area contributed by atoms with Crippen LogP contribution >= 0.6 is 0 Å². The van der Waals surface area contributed by atoms with E-state index in [1.54, 1.807) is 6.33 Å². The van der Waals surface area contributed by atoms with E-state index < -0.39 is 0 Å². The number of rotatable bonds is 5. The summed E-state index contributed by atoms with van der Waals surface area (Å²) in [6.07, 6.45) is 2.54. The Morgan fingerprint density at radius 3 is 2.78 bits per heavy atom. The predicted molar refractivity (Wildman–Crippen MR) is 70.6 cm³/mol. The molecule has 0 bridgehead atoms. The fourth-order valence-corrected chi connectivity index (χ4v) is 1.89. The van der Waals surface area contributed by atoms with Crippen LogP contribution in [0, 0.1) is 0 Å². The van der Waals surface area contributed by atoms with E-state index in [2.05, 4.69) is 36.9 Å². The SMILES string of the molecule is CCc1ccccc1OCc1ncnn1C(C)C. The molecule has 0 aliphatic rings. The van der Waals surface area contributed by atoms with Gasteiger partial charge in [0.05, 0.1) is 0 Å². The van der Waals surface area contributed by atoms with E-state index >= 15 is 0 Å². The standard InChI is InChI=1S/C14H19N3O/c1-4-12-7-5-6-8-13(12)18-9-14-15-10-16-17(14)11(2)3/h5-8,10-11H,4,9H2,1-3H3. The van der Waals surface area contributed by atoms with Gasteiger partial charge >= 0.3 is 0 Å². The van der Waals surface area contributed by atoms with Gasteiger partial charge in [-0.3, -0.25) is 0 Å². The third kappa shape index (κ3) is 2.70. The third-order valence-electron chi connectivity index (χ3n) is 2.85. The molecule has 0 radical (unpaired) electrons. The van der Waals surface area contributed by atoms with E-state index in [9.17, 15) is 0 Å². The molecule has 0 saturated carbocycles. The minimum atomic E-state index is 0.299. The van der Waals surface area contributed by atoms with Crippen LogP contribution in [-0.2, 0) is 13.0 Å². The zero-order valence-electron chi connectivity index (χ0n) is 11.1. The fraction of sp³-hybridized carbons (Fsp3) is 0.429. The Kier molecular flexibility index (Phi) is 3.97. The molecule has 18 heavy (non-hydrogen) atoms. The first kappa shape index (κ1) is 12.6. The highest BCUT2D eigenvalue weighted by molar-refractivity contribution is 5.33. The summed E-state index contributed by atoms with van der Waals surface area (Å²) in [7, 11) is 0. The summed E-state index contributed by atoms with van der Waals surface area (Å²) in [5.41, 5.74) is 1.22. The minimum Gasteiger partial charge on any atom is -0.485 e. The Balaban J connectivity index is 2.09. The molecule has 0 aliphatic heterocycles. The summed E-state index contributed by atoms with van der Waals surface area (Å²) in [5.74, 6) is 1.79. The van der Waals surface area contributed by atoms with Gasteiger partial charge in [-0.25, -0.2) is 9.67 Å². The predicted octanol–water partition coefficient (Wildman–Crippen LogP) is 3.00. The summed E-state index contributed by atoms with van der Waals surface area (Å²) >= 11 is 0. The van der Waals surface area contributed by atoms with Crippen LogP contribution in [0.5, 0.6) is 5.75 Å². The van der Waals surface area contributed by atoms with E-state index in [1.165, 1.54) is 5.56 Å². The van der Waals surface area contributed by atoms with Crippen LogP contribution in [0.4, 0.5) is 0 Å². The number of nitrogens with zero attached hydrogens (tertiary/aromatic N) is 3.